The molecule has 2 aliphatic heterocycles. The summed E-state index contributed by atoms with van der Waals surface area (Å²) in [7, 11) is 0. The smallest absolute Gasteiger partial charge is 0.410 e. The monoisotopic (exact) mass is 487 g/mol. The Balaban J connectivity index is 1.51. The second kappa shape index (κ2) is 9.59. The highest BCUT2D eigenvalue weighted by molar-refractivity contribution is 7.10. The van der Waals surface area contributed by atoms with Gasteiger partial charge in [0.05, 0.1) is 19.0 Å². The molecule has 34 heavy (non-hydrogen) atoms. The van der Waals surface area contributed by atoms with Gasteiger partial charge in [0, 0.05) is 20.9 Å². The standard InChI is InChI=1S/C26H21N3O3S2/c27-13-20-23(22-9-5-11-34-22)21-15-29(26(30)31-16-17-6-2-1-3-7-17)14-18(24(21)32-25(20)28)12-19-8-4-10-33-19/h1-12,23H,14-16,28H2/b18-12-/t23-/m1/s1. The van der Waals surface area contributed by atoms with E-state index in [1.807, 2.05) is 71.4 Å². The van der Waals surface area contributed by atoms with Crippen molar-refractivity contribution in [1.82, 2.24) is 4.90 Å². The third-order valence-electron chi connectivity index (χ3n) is 5.69. The van der Waals surface area contributed by atoms with Crippen LogP contribution in [0.2, 0.25) is 0 Å². The van der Waals surface area contributed by atoms with Gasteiger partial charge in [-0.2, -0.15) is 5.26 Å². The quantitative estimate of drug-likeness (QED) is 0.517. The minimum absolute atomic E-state index is 0.108. The lowest BCUT2D eigenvalue weighted by Crippen LogP contribution is -2.41. The molecule has 1 aromatic carbocycles. The molecule has 0 spiro atoms. The van der Waals surface area contributed by atoms with E-state index in [0.29, 0.717) is 17.9 Å². The molecule has 0 unspecified atom stereocenters. The van der Waals surface area contributed by atoms with Crippen LogP contribution >= 0.6 is 22.7 Å². The van der Waals surface area contributed by atoms with E-state index in [0.717, 1.165) is 26.5 Å². The van der Waals surface area contributed by atoms with Crippen molar-refractivity contribution < 1.29 is 14.3 Å². The van der Waals surface area contributed by atoms with Crippen molar-refractivity contribution in [3.05, 3.63) is 109 Å². The molecule has 170 valence electrons. The van der Waals surface area contributed by atoms with Gasteiger partial charge in [-0.25, -0.2) is 4.79 Å². The van der Waals surface area contributed by atoms with Gasteiger partial charge in [-0.1, -0.05) is 42.5 Å². The Morgan fingerprint density at radius 2 is 1.94 bits per heavy atom. The van der Waals surface area contributed by atoms with Crippen LogP contribution in [0.5, 0.6) is 0 Å². The lowest BCUT2D eigenvalue weighted by atomic mass is 9.84. The molecule has 3 aromatic rings. The Bertz CT molecular complexity index is 1320. The predicted octanol–water partition coefficient (Wildman–Crippen LogP) is 5.61. The van der Waals surface area contributed by atoms with Crippen molar-refractivity contribution in [1.29, 1.82) is 5.26 Å². The molecule has 0 saturated heterocycles. The average molecular weight is 488 g/mol. The number of nitriles is 1. The summed E-state index contributed by atoms with van der Waals surface area (Å²) in [6.45, 7) is 0.787. The Morgan fingerprint density at radius 3 is 2.65 bits per heavy atom. The highest BCUT2D eigenvalue weighted by Crippen LogP contribution is 2.45. The minimum Gasteiger partial charge on any atom is -0.445 e. The molecule has 1 amide bonds. The normalized spacial score (nSPS) is 19.0. The zero-order valence-electron chi connectivity index (χ0n) is 18.1. The van der Waals surface area contributed by atoms with Crippen LogP contribution in [0.1, 0.15) is 21.2 Å². The van der Waals surface area contributed by atoms with Crippen molar-refractivity contribution in [3.8, 4) is 6.07 Å². The summed E-state index contributed by atoms with van der Waals surface area (Å²) in [4.78, 5) is 16.8. The van der Waals surface area contributed by atoms with Crippen LogP contribution in [0, 0.1) is 11.3 Å². The van der Waals surface area contributed by atoms with Gasteiger partial charge in [-0.05, 0) is 34.5 Å². The number of thiophene rings is 2. The molecule has 8 heteroatoms. The molecule has 0 saturated carbocycles. The number of rotatable bonds is 4. The van der Waals surface area contributed by atoms with Crippen molar-refractivity contribution in [3.63, 3.8) is 0 Å². The summed E-state index contributed by atoms with van der Waals surface area (Å²) >= 11 is 3.14. The second-order valence-electron chi connectivity index (χ2n) is 7.88. The van der Waals surface area contributed by atoms with E-state index >= 15 is 0 Å². The number of ether oxygens (including phenoxy) is 2. The molecule has 0 aliphatic carbocycles. The average Bonchev–Trinajstić information content (AvgIpc) is 3.57. The number of nitrogens with zero attached hydrogens (tertiary/aromatic N) is 2. The summed E-state index contributed by atoms with van der Waals surface area (Å²) < 4.78 is 11.6. The molecule has 4 heterocycles. The molecule has 2 aromatic heterocycles. The highest BCUT2D eigenvalue weighted by Gasteiger charge is 2.39. The number of carbonyl (C=O) groups is 1. The number of nitrogens with two attached hydrogens (primary N) is 1. The summed E-state index contributed by atoms with van der Waals surface area (Å²) in [6, 6.07) is 19.7. The van der Waals surface area contributed by atoms with E-state index in [1.54, 1.807) is 27.6 Å². The zero-order valence-corrected chi connectivity index (χ0v) is 19.8. The van der Waals surface area contributed by atoms with Gasteiger partial charge >= 0.3 is 6.09 Å². The van der Waals surface area contributed by atoms with E-state index in [1.165, 1.54) is 0 Å². The van der Waals surface area contributed by atoms with E-state index < -0.39 is 6.09 Å². The van der Waals surface area contributed by atoms with E-state index in [9.17, 15) is 10.1 Å². The summed E-state index contributed by atoms with van der Waals surface area (Å²) in [5, 5.41) is 13.8. The van der Waals surface area contributed by atoms with Gasteiger partial charge in [0.15, 0.2) is 0 Å². The van der Waals surface area contributed by atoms with Crippen LogP contribution in [0.4, 0.5) is 4.79 Å². The fraction of sp³-hybridized carbons (Fsp3) is 0.154. The summed E-state index contributed by atoms with van der Waals surface area (Å²) in [5.41, 5.74) is 9.14. The van der Waals surface area contributed by atoms with Crippen LogP contribution in [-0.2, 0) is 16.1 Å². The van der Waals surface area contributed by atoms with Gasteiger partial charge < -0.3 is 15.2 Å². The van der Waals surface area contributed by atoms with Crippen LogP contribution in [0.15, 0.2) is 93.7 Å². The first kappa shape index (κ1) is 22.0. The number of amides is 1. The first-order valence-corrected chi connectivity index (χ1v) is 12.4. The third kappa shape index (κ3) is 4.36. The molecule has 5 rings (SSSR count). The van der Waals surface area contributed by atoms with Crippen LogP contribution in [-0.4, -0.2) is 24.1 Å². The molecule has 2 aliphatic rings. The number of hydrogen-bond acceptors (Lipinski definition) is 7. The third-order valence-corrected chi connectivity index (χ3v) is 7.45. The molecule has 1 atom stereocenters. The number of hydrogen-bond donors (Lipinski definition) is 1. The van der Waals surface area contributed by atoms with Gasteiger partial charge in [-0.15, -0.1) is 22.7 Å². The number of allylic oxidation sites excluding steroid dienone is 1. The van der Waals surface area contributed by atoms with Crippen molar-refractivity contribution in [2.24, 2.45) is 5.73 Å². The van der Waals surface area contributed by atoms with Crippen LogP contribution in [0.25, 0.3) is 6.08 Å². The fourth-order valence-electron chi connectivity index (χ4n) is 4.14. The molecule has 0 radical (unpaired) electrons. The fourth-order valence-corrected chi connectivity index (χ4v) is 5.69. The van der Waals surface area contributed by atoms with Gasteiger partial charge in [0.25, 0.3) is 0 Å². The maximum atomic E-state index is 13.1. The lowest BCUT2D eigenvalue weighted by Gasteiger charge is -2.37. The topological polar surface area (TPSA) is 88.6 Å². The van der Waals surface area contributed by atoms with Crippen LogP contribution < -0.4 is 5.73 Å². The molecule has 6 nitrogen and oxygen atoms in total. The molecule has 0 fully saturated rings. The molecule has 0 bridgehead atoms. The minimum atomic E-state index is -0.418. The summed E-state index contributed by atoms with van der Waals surface area (Å²) in [6.07, 6.45) is 1.59. The van der Waals surface area contributed by atoms with Gasteiger partial charge in [0.2, 0.25) is 5.88 Å². The largest absolute Gasteiger partial charge is 0.445 e. The molecular weight excluding hydrogens is 466 g/mol. The SMILES string of the molecule is N#CC1=C(N)OC2=C(CN(C(=O)OCc3ccccc3)C/C2=C/c2cccs2)[C@@H]1c1cccs1. The van der Waals surface area contributed by atoms with Crippen molar-refractivity contribution in [2.45, 2.75) is 12.5 Å². The molecular formula is C26H21N3O3S2. The Morgan fingerprint density at radius 1 is 1.15 bits per heavy atom. The first-order chi connectivity index (χ1) is 16.6. The van der Waals surface area contributed by atoms with Gasteiger partial charge in [-0.3, -0.25) is 4.90 Å². The Kier molecular flexibility index (Phi) is 6.21. The van der Waals surface area contributed by atoms with Crippen molar-refractivity contribution in [2.75, 3.05) is 13.1 Å². The Hall–Kier alpha value is -3.80. The maximum Gasteiger partial charge on any atom is 0.410 e. The highest BCUT2D eigenvalue weighted by atomic mass is 32.1. The lowest BCUT2D eigenvalue weighted by molar-refractivity contribution is 0.0983. The van der Waals surface area contributed by atoms with Crippen LogP contribution in [0.3, 0.4) is 0 Å². The van der Waals surface area contributed by atoms with Crippen molar-refractivity contribution >= 4 is 34.8 Å². The van der Waals surface area contributed by atoms with E-state index in [-0.39, 0.29) is 25.0 Å². The number of carbonyl (C=O) groups excluding carboxylic acids is 1. The van der Waals surface area contributed by atoms with E-state index in [4.69, 9.17) is 15.2 Å². The first-order valence-electron chi connectivity index (χ1n) is 10.7. The maximum absolute atomic E-state index is 13.1. The second-order valence-corrected chi connectivity index (χ2v) is 9.83. The Labute approximate surface area is 205 Å². The van der Waals surface area contributed by atoms with Gasteiger partial charge in [0.1, 0.15) is 24.0 Å². The predicted molar refractivity (Wildman–Crippen MR) is 132 cm³/mol. The summed E-state index contributed by atoms with van der Waals surface area (Å²) in [5.74, 6) is 0.373. The number of benzene rings is 1. The molecule has 2 N–H and O–H groups in total. The zero-order chi connectivity index (χ0) is 23.5. The van der Waals surface area contributed by atoms with E-state index in [2.05, 4.69) is 6.07 Å².